The summed E-state index contributed by atoms with van der Waals surface area (Å²) in [4.78, 5) is 21.5. The van der Waals surface area contributed by atoms with Gasteiger partial charge in [0.2, 0.25) is 0 Å². The van der Waals surface area contributed by atoms with Gasteiger partial charge in [-0.15, -0.1) is 0 Å². The van der Waals surface area contributed by atoms with Crippen molar-refractivity contribution in [3.63, 3.8) is 0 Å². The number of hydrogen-bond donors (Lipinski definition) is 2. The molecular formula is C13H18ClN3O4. The molecule has 116 valence electrons. The molecule has 8 heteroatoms. The molecule has 7 nitrogen and oxygen atoms in total. The van der Waals surface area contributed by atoms with Crippen LogP contribution in [0.3, 0.4) is 0 Å². The molecule has 1 amide bonds. The number of carbonyl (C=O) groups is 1. The maximum Gasteiger partial charge on any atom is 0.407 e. The molecule has 1 rings (SSSR count). The first-order valence-electron chi connectivity index (χ1n) is 6.34. The molecule has 0 bridgehead atoms. The number of benzene rings is 1. The summed E-state index contributed by atoms with van der Waals surface area (Å²) >= 11 is 5.92. The molecule has 0 saturated carbocycles. The molecule has 0 spiro atoms. The van der Waals surface area contributed by atoms with Crippen LogP contribution in [0.4, 0.5) is 16.2 Å². The topological polar surface area (TPSA) is 93.5 Å². The van der Waals surface area contributed by atoms with Crippen LogP contribution in [0.15, 0.2) is 18.2 Å². The highest BCUT2D eigenvalue weighted by atomic mass is 35.5. The Hall–Kier alpha value is -2.02. The van der Waals surface area contributed by atoms with E-state index in [1.807, 2.05) is 0 Å². The average Bonchev–Trinajstić information content (AvgIpc) is 2.33. The average molecular weight is 316 g/mol. The van der Waals surface area contributed by atoms with Crippen molar-refractivity contribution in [1.82, 2.24) is 5.32 Å². The Labute approximate surface area is 127 Å². The molecule has 0 aliphatic carbocycles. The van der Waals surface area contributed by atoms with E-state index in [-0.39, 0.29) is 10.7 Å². The zero-order chi connectivity index (χ0) is 16.0. The van der Waals surface area contributed by atoms with Gasteiger partial charge in [-0.3, -0.25) is 10.1 Å². The largest absolute Gasteiger partial charge is 0.444 e. The molecule has 1 aromatic carbocycles. The van der Waals surface area contributed by atoms with Crippen LogP contribution in [0.5, 0.6) is 0 Å². The normalized spacial score (nSPS) is 10.9. The van der Waals surface area contributed by atoms with Crippen molar-refractivity contribution in [3.8, 4) is 0 Å². The summed E-state index contributed by atoms with van der Waals surface area (Å²) in [6.45, 7) is 6.09. The van der Waals surface area contributed by atoms with Gasteiger partial charge >= 0.3 is 6.09 Å². The van der Waals surface area contributed by atoms with E-state index in [1.165, 1.54) is 18.2 Å². The minimum absolute atomic E-state index is 0.0718. The van der Waals surface area contributed by atoms with Crippen LogP contribution in [0.25, 0.3) is 0 Å². The van der Waals surface area contributed by atoms with E-state index in [2.05, 4.69) is 10.6 Å². The second-order valence-electron chi connectivity index (χ2n) is 5.28. The molecule has 0 aliphatic rings. The summed E-state index contributed by atoms with van der Waals surface area (Å²) in [6, 6.07) is 4.15. The number of nitro groups is 1. The first-order chi connectivity index (χ1) is 9.69. The number of halogens is 1. The Morgan fingerprint density at radius 3 is 2.57 bits per heavy atom. The zero-order valence-electron chi connectivity index (χ0n) is 12.1. The highest BCUT2D eigenvalue weighted by molar-refractivity contribution is 6.33. The minimum Gasteiger partial charge on any atom is -0.444 e. The first-order valence-corrected chi connectivity index (χ1v) is 6.71. The maximum absolute atomic E-state index is 11.4. The van der Waals surface area contributed by atoms with Crippen LogP contribution in [0, 0.1) is 10.1 Å². The van der Waals surface area contributed by atoms with Gasteiger partial charge in [-0.1, -0.05) is 11.6 Å². The zero-order valence-corrected chi connectivity index (χ0v) is 12.9. The van der Waals surface area contributed by atoms with Gasteiger partial charge in [0.05, 0.1) is 15.6 Å². The molecule has 21 heavy (non-hydrogen) atoms. The van der Waals surface area contributed by atoms with Gasteiger partial charge in [0.1, 0.15) is 5.60 Å². The van der Waals surface area contributed by atoms with E-state index in [9.17, 15) is 14.9 Å². The molecule has 2 N–H and O–H groups in total. The SMILES string of the molecule is CC(C)(C)OC(=O)NCCNc1ccc([N+](=O)[O-])cc1Cl. The van der Waals surface area contributed by atoms with E-state index in [0.29, 0.717) is 18.8 Å². The number of nitrogens with one attached hydrogen (secondary N) is 2. The van der Waals surface area contributed by atoms with Gasteiger partial charge in [0, 0.05) is 25.2 Å². The van der Waals surface area contributed by atoms with E-state index in [0.717, 1.165) is 0 Å². The van der Waals surface area contributed by atoms with Crippen LogP contribution in [0.1, 0.15) is 20.8 Å². The fraction of sp³-hybridized carbons (Fsp3) is 0.462. The smallest absolute Gasteiger partial charge is 0.407 e. The van der Waals surface area contributed by atoms with Crippen molar-refractivity contribution in [3.05, 3.63) is 33.3 Å². The van der Waals surface area contributed by atoms with Crippen LogP contribution in [0.2, 0.25) is 5.02 Å². The van der Waals surface area contributed by atoms with E-state index in [1.54, 1.807) is 20.8 Å². The van der Waals surface area contributed by atoms with Gasteiger partial charge in [-0.2, -0.15) is 0 Å². The number of alkyl carbamates (subject to hydrolysis) is 1. The summed E-state index contributed by atoms with van der Waals surface area (Å²) in [5.74, 6) is 0. The number of nitro benzene ring substituents is 1. The molecule has 0 radical (unpaired) electrons. The van der Waals surface area contributed by atoms with Gasteiger partial charge in [-0.05, 0) is 26.8 Å². The lowest BCUT2D eigenvalue weighted by atomic mass is 10.2. The van der Waals surface area contributed by atoms with E-state index >= 15 is 0 Å². The van der Waals surface area contributed by atoms with Crippen LogP contribution in [-0.2, 0) is 4.74 Å². The molecular weight excluding hydrogens is 298 g/mol. The summed E-state index contributed by atoms with van der Waals surface area (Å²) in [7, 11) is 0. The third-order valence-corrected chi connectivity index (χ3v) is 2.58. The van der Waals surface area contributed by atoms with E-state index in [4.69, 9.17) is 16.3 Å². The number of carbonyl (C=O) groups excluding carboxylic acids is 1. The molecule has 0 aliphatic heterocycles. The van der Waals surface area contributed by atoms with Crippen LogP contribution in [-0.4, -0.2) is 29.7 Å². The monoisotopic (exact) mass is 315 g/mol. The molecule has 0 heterocycles. The molecule has 0 fully saturated rings. The number of ether oxygens (including phenoxy) is 1. The lowest BCUT2D eigenvalue weighted by Gasteiger charge is -2.19. The summed E-state index contributed by atoms with van der Waals surface area (Å²) in [5, 5.41) is 16.4. The lowest BCUT2D eigenvalue weighted by molar-refractivity contribution is -0.384. The van der Waals surface area contributed by atoms with Crippen molar-refractivity contribution in [2.45, 2.75) is 26.4 Å². The third kappa shape index (κ3) is 6.31. The van der Waals surface area contributed by atoms with Gasteiger partial charge in [-0.25, -0.2) is 4.79 Å². The Kier molecular flexibility index (Phi) is 5.78. The van der Waals surface area contributed by atoms with Crippen molar-refractivity contribution in [2.24, 2.45) is 0 Å². The van der Waals surface area contributed by atoms with Crippen molar-refractivity contribution in [2.75, 3.05) is 18.4 Å². The predicted octanol–water partition coefficient (Wildman–Crippen LogP) is 3.18. The summed E-state index contributed by atoms with van der Waals surface area (Å²) in [6.07, 6.45) is -0.501. The Morgan fingerprint density at radius 1 is 1.38 bits per heavy atom. The number of anilines is 1. The van der Waals surface area contributed by atoms with Gasteiger partial charge in [0.25, 0.3) is 5.69 Å². The van der Waals surface area contributed by atoms with Crippen LogP contribution < -0.4 is 10.6 Å². The number of hydrogen-bond acceptors (Lipinski definition) is 5. The quantitative estimate of drug-likeness (QED) is 0.494. The molecule has 0 unspecified atom stereocenters. The number of amides is 1. The minimum atomic E-state index is -0.542. The molecule has 0 saturated heterocycles. The van der Waals surface area contributed by atoms with Crippen molar-refractivity contribution >= 4 is 29.1 Å². The van der Waals surface area contributed by atoms with Gasteiger partial charge < -0.3 is 15.4 Å². The van der Waals surface area contributed by atoms with Crippen molar-refractivity contribution < 1.29 is 14.5 Å². The molecule has 0 atom stereocenters. The molecule has 1 aromatic rings. The first kappa shape index (κ1) is 17.0. The third-order valence-electron chi connectivity index (χ3n) is 2.27. The highest BCUT2D eigenvalue weighted by Crippen LogP contribution is 2.26. The van der Waals surface area contributed by atoms with Gasteiger partial charge in [0.15, 0.2) is 0 Å². The number of non-ortho nitro benzene ring substituents is 1. The maximum atomic E-state index is 11.4. The fourth-order valence-corrected chi connectivity index (χ4v) is 1.68. The van der Waals surface area contributed by atoms with E-state index < -0.39 is 16.6 Å². The number of nitrogens with zero attached hydrogens (tertiary/aromatic N) is 1. The lowest BCUT2D eigenvalue weighted by Crippen LogP contribution is -2.35. The molecule has 0 aromatic heterocycles. The second kappa shape index (κ2) is 7.12. The summed E-state index contributed by atoms with van der Waals surface area (Å²) in [5.41, 5.74) is -0.0511. The highest BCUT2D eigenvalue weighted by Gasteiger charge is 2.15. The Balaban J connectivity index is 2.40. The predicted molar refractivity (Wildman–Crippen MR) is 80.8 cm³/mol. The summed E-state index contributed by atoms with van der Waals surface area (Å²) < 4.78 is 5.08. The fourth-order valence-electron chi connectivity index (χ4n) is 1.44. The standard InChI is InChI=1S/C13H18ClN3O4/c1-13(2,3)21-12(18)16-7-6-15-11-5-4-9(17(19)20)8-10(11)14/h4-5,8,15H,6-7H2,1-3H3,(H,16,18). The Bertz CT molecular complexity index is 529. The Morgan fingerprint density at radius 2 is 2.05 bits per heavy atom. The second-order valence-corrected chi connectivity index (χ2v) is 5.68. The van der Waals surface area contributed by atoms with Crippen molar-refractivity contribution in [1.29, 1.82) is 0 Å². The number of rotatable bonds is 5. The van der Waals surface area contributed by atoms with Crippen LogP contribution >= 0.6 is 11.6 Å².